The summed E-state index contributed by atoms with van der Waals surface area (Å²) >= 11 is 6.27. The summed E-state index contributed by atoms with van der Waals surface area (Å²) in [6, 6.07) is 13.3. The molecule has 2 aliphatic heterocycles. The summed E-state index contributed by atoms with van der Waals surface area (Å²) in [6.07, 6.45) is 0.173. The number of amides is 2. The lowest BCUT2D eigenvalue weighted by molar-refractivity contribution is -0.132. The summed E-state index contributed by atoms with van der Waals surface area (Å²) in [4.78, 5) is 85.1. The van der Waals surface area contributed by atoms with Crippen molar-refractivity contribution < 1.29 is 91.0 Å². The van der Waals surface area contributed by atoms with E-state index in [2.05, 4.69) is 81.3 Å². The molecule has 2 aliphatic rings. The number of aliphatic hydroxyl groups excluding tert-OH is 15. The number of aliphatic hydroxyl groups is 15. The Morgan fingerprint density at radius 2 is 1.08 bits per heavy atom. The molecule has 0 saturated carbocycles. The average molecular weight is 1660 g/mol. The average Bonchev–Trinajstić information content (AvgIpc) is 1.55. The van der Waals surface area contributed by atoms with Gasteiger partial charge in [-0.1, -0.05) is 118 Å². The summed E-state index contributed by atoms with van der Waals surface area (Å²) < 4.78 is 0. The van der Waals surface area contributed by atoms with Crippen molar-refractivity contribution in [3.05, 3.63) is 143 Å². The van der Waals surface area contributed by atoms with Crippen LogP contribution in [-0.4, -0.2) is 282 Å². The molecule has 38 heteroatoms. The maximum absolute atomic E-state index is 14.8. The van der Waals surface area contributed by atoms with E-state index in [0.717, 1.165) is 10.8 Å². The fourth-order valence-electron chi connectivity index (χ4n) is 12.6. The van der Waals surface area contributed by atoms with Crippen molar-refractivity contribution in [1.29, 1.82) is 10.8 Å². The molecule has 0 aromatic heterocycles. The second-order valence-corrected chi connectivity index (χ2v) is 29.3. The number of hydrogen-bond donors (Lipinski definition) is 21. The molecule has 11 atom stereocenters. The molecule has 5 aromatic rings. The van der Waals surface area contributed by atoms with Gasteiger partial charge in [-0.2, -0.15) is 4.99 Å². The minimum atomic E-state index is -1.96. The number of hydroxylamine groups is 1. The number of benzene rings is 5. The molecule has 0 radical (unpaired) electrons. The maximum Gasteiger partial charge on any atom is 0.312 e. The highest BCUT2D eigenvalue weighted by atomic mass is 35.5. The second kappa shape index (κ2) is 45.8. The van der Waals surface area contributed by atoms with Crippen LogP contribution in [-0.2, 0) is 40.1 Å². The van der Waals surface area contributed by atoms with Crippen LogP contribution in [0.25, 0.3) is 10.8 Å². The molecule has 5 aromatic carbocycles. The number of fused-ring (bicyclic) bond motifs is 1. The van der Waals surface area contributed by atoms with Crippen LogP contribution in [0.15, 0.2) is 175 Å². The molecule has 0 aliphatic carbocycles. The van der Waals surface area contributed by atoms with Crippen LogP contribution < -0.4 is 21.4 Å². The number of aliphatic imine (C=N–C) groups is 12. The number of halogens is 1. The molecule has 1 saturated heterocycles. The summed E-state index contributed by atoms with van der Waals surface area (Å²) in [5, 5.41) is 194. The minimum Gasteiger partial charge on any atom is -0.497 e. The van der Waals surface area contributed by atoms with Gasteiger partial charge < -0.3 is 97.4 Å². The molecule has 0 bridgehead atoms. The normalized spacial score (nSPS) is 18.2. The van der Waals surface area contributed by atoms with E-state index in [-0.39, 0.29) is 74.8 Å². The molecular weight excluding hydrogens is 1550 g/mol. The van der Waals surface area contributed by atoms with Crippen LogP contribution in [0.2, 0.25) is 5.02 Å². The Balaban J connectivity index is 1.35. The van der Waals surface area contributed by atoms with Gasteiger partial charge >= 0.3 is 12.0 Å². The van der Waals surface area contributed by atoms with E-state index >= 15 is 0 Å². The standard InChI is InChI=1S/C80H106ClN19O18/c1-43(2)35-58(70(107)91-57(15-10-11-32-84-44(3)4)77(114)100-34-12-16-65(100)76(113)86-45(5)67(82)104)92-73(110)61(38-49-22-29-55(30-23-49)89-78(83)115)94-74(111)62(39-48-20-27-54(28-21-48)88-69(106)63-41-66(103)98-80(117)97-63)95-75(112)64(42-101)96-68(105)56(31-33-85-79(116)99-118-7)90-72(109)60(37-47-18-25-53(81)26-19-47)93-71(108)59(87-46(6)102)40-50-17-24-51-13-8-9-14-52(51)36-50/h8-9,13-14,17-30,36,43-45,56-65,84,101H,10-12,15-16,31-35,37-42H2,1-7H3,(H2,82,104)(H,86,113)(H,87,102)(H,88,106)(H,90,109)(H,91,107)(H,92,110)(H,93,108)(H,94,111)(H,95,112)(H,96,105)(H3,83,89,115)(H2,85,99,116)(H2,97,98,103,117)/t45-,56-,57+,58+,59-,60-,61-,62+,63+,64+,65+/m1/s1. The lowest BCUT2D eigenvalue weighted by Gasteiger charge is -2.27. The monoisotopic (exact) mass is 1660 g/mol. The zero-order valence-corrected chi connectivity index (χ0v) is 67.2. The van der Waals surface area contributed by atoms with E-state index in [1.165, 1.54) is 74.4 Å². The molecule has 21 N–H and O–H groups in total. The van der Waals surface area contributed by atoms with Crippen molar-refractivity contribution >= 4 is 129 Å². The van der Waals surface area contributed by atoms with Gasteiger partial charge in [0.05, 0.1) is 20.1 Å². The van der Waals surface area contributed by atoms with Crippen LogP contribution in [0.1, 0.15) is 115 Å². The fourth-order valence-corrected chi connectivity index (χ4v) is 12.7. The third-order valence-electron chi connectivity index (χ3n) is 18.5. The van der Waals surface area contributed by atoms with E-state index in [4.69, 9.17) is 27.3 Å². The second-order valence-electron chi connectivity index (χ2n) is 28.8. The lowest BCUT2D eigenvalue weighted by atomic mass is 10.0. The SMILES string of the molecule is CONC(O)=NCC[C@@H](N=C(O)[C@@H](Cc1ccc(Cl)cc1)N=C(O)[C@@H](Cc1ccc2ccccc2c1)N=C(C)O)C(O)=N[C@@H](CO)C(O)=N[C@@H](Cc1ccc(NC(=O)[C@@H]2CC(O)=NC(O)=N2)cc1)C(O)=N[C@H](Cc1ccc(NC(=N)O)cc1)C(O)=N[C@@H](CC(C)C)C(O)=N[C@@H](CCCCNC(C)C)C(=O)N1CCC[C@H]1C(O)=N[C@H](C)C(=N)O. The molecule has 1 fully saturated rings. The number of carbonyl (C=O) groups excluding carboxylic acids is 2. The Morgan fingerprint density at radius 1 is 0.585 bits per heavy atom. The molecule has 37 nitrogen and oxygen atoms in total. The number of likely N-dealkylation sites (tertiary alicyclic amines) is 1. The van der Waals surface area contributed by atoms with Gasteiger partial charge in [0.2, 0.25) is 64.9 Å². The van der Waals surface area contributed by atoms with E-state index in [0.29, 0.717) is 53.1 Å². The van der Waals surface area contributed by atoms with Crippen molar-refractivity contribution in [2.24, 2.45) is 65.8 Å². The molecular formula is C80H106ClN19O18. The van der Waals surface area contributed by atoms with E-state index in [1.54, 1.807) is 38.1 Å². The number of carbonyl (C=O) groups is 2. The first-order valence-corrected chi connectivity index (χ1v) is 38.6. The number of rotatable bonds is 43. The topological polar surface area (TPSA) is 594 Å². The first-order chi connectivity index (χ1) is 56.1. The van der Waals surface area contributed by atoms with Crippen molar-refractivity contribution in [1.82, 2.24) is 15.7 Å². The Labute approximate surface area is 686 Å². The summed E-state index contributed by atoms with van der Waals surface area (Å²) in [5.41, 5.74) is 4.49. The predicted molar refractivity (Wildman–Crippen MR) is 459 cm³/mol. The Hall–Kier alpha value is -12.3. The van der Waals surface area contributed by atoms with Crippen molar-refractivity contribution in [2.45, 2.75) is 191 Å². The molecule has 636 valence electrons. The van der Waals surface area contributed by atoms with Gasteiger partial charge in [0.1, 0.15) is 60.4 Å². The van der Waals surface area contributed by atoms with Gasteiger partial charge in [-0.25, -0.2) is 60.4 Å². The van der Waals surface area contributed by atoms with Gasteiger partial charge in [0.25, 0.3) is 6.02 Å². The number of unbranched alkanes of at least 4 members (excludes halogenated alkanes) is 1. The molecule has 7 rings (SSSR count). The number of nitrogens with zero attached hydrogens (tertiary/aromatic N) is 13. The maximum atomic E-state index is 14.8. The number of nitrogens with one attached hydrogen (secondary N) is 6. The van der Waals surface area contributed by atoms with Crippen LogP contribution >= 0.6 is 11.6 Å². The van der Waals surface area contributed by atoms with E-state index in [9.17, 15) is 86.2 Å². The van der Waals surface area contributed by atoms with E-state index in [1.807, 2.05) is 56.3 Å². The van der Waals surface area contributed by atoms with Crippen molar-refractivity contribution in [3.8, 4) is 0 Å². The number of hydrogen-bond acceptors (Lipinski definition) is 19. The third kappa shape index (κ3) is 30.0. The predicted octanol–water partition coefficient (Wildman–Crippen LogP) is 10.4. The highest BCUT2D eigenvalue weighted by Crippen LogP contribution is 2.26. The zero-order chi connectivity index (χ0) is 86.3. The van der Waals surface area contributed by atoms with Crippen molar-refractivity contribution in [3.63, 3.8) is 0 Å². The van der Waals surface area contributed by atoms with Gasteiger partial charge in [0.15, 0.2) is 17.8 Å². The Morgan fingerprint density at radius 3 is 1.61 bits per heavy atom. The first kappa shape index (κ1) is 92.8. The third-order valence-corrected chi connectivity index (χ3v) is 18.8. The Bertz CT molecular complexity index is 4610. The largest absolute Gasteiger partial charge is 0.497 e. The number of anilines is 2. The Kier molecular flexibility index (Phi) is 36.0. The van der Waals surface area contributed by atoms with Crippen LogP contribution in [0.5, 0.6) is 0 Å². The summed E-state index contributed by atoms with van der Waals surface area (Å²) in [7, 11) is 1.20. The van der Waals surface area contributed by atoms with Gasteiger partial charge in [-0.05, 0) is 134 Å². The summed E-state index contributed by atoms with van der Waals surface area (Å²) in [6.45, 7) is 9.46. The minimum absolute atomic E-state index is 0.0119. The molecule has 2 amide bonds. The molecule has 2 heterocycles. The van der Waals surface area contributed by atoms with Gasteiger partial charge in [-0.15, -0.1) is 0 Å². The zero-order valence-electron chi connectivity index (χ0n) is 66.4. The molecule has 0 unspecified atom stereocenters. The lowest BCUT2D eigenvalue weighted by Crippen LogP contribution is -2.46. The quantitative estimate of drug-likeness (QED) is 0.00746. The van der Waals surface area contributed by atoms with Crippen LogP contribution in [0, 0.1) is 16.7 Å². The van der Waals surface area contributed by atoms with E-state index < -0.39 is 187 Å². The highest BCUT2D eigenvalue weighted by molar-refractivity contribution is 6.30. The summed E-state index contributed by atoms with van der Waals surface area (Å²) in [5.74, 6) is -9.87. The van der Waals surface area contributed by atoms with Gasteiger partial charge in [-0.3, -0.25) is 25.2 Å². The molecule has 0 spiro atoms. The first-order valence-electron chi connectivity index (χ1n) is 38.3. The van der Waals surface area contributed by atoms with Gasteiger partial charge in [0, 0.05) is 68.1 Å². The van der Waals surface area contributed by atoms with Crippen LogP contribution in [0.3, 0.4) is 0 Å². The highest BCUT2D eigenvalue weighted by Gasteiger charge is 2.38. The van der Waals surface area contributed by atoms with Crippen LogP contribution in [0.4, 0.5) is 11.4 Å². The van der Waals surface area contributed by atoms with Crippen molar-refractivity contribution in [2.75, 3.05) is 44.0 Å². The smallest absolute Gasteiger partial charge is 0.312 e. The molecule has 118 heavy (non-hydrogen) atoms. The number of amidine groups is 3. The fraction of sp³-hybridized carbons (Fsp3) is 0.450.